The summed E-state index contributed by atoms with van der Waals surface area (Å²) in [5.74, 6) is 0.127. The SMILES string of the molecule is COc1ccc(CNC(=O)/C(C#N)=C/c2c[nH]c3ncc(-c4ccc(C(N)=O)cc4)cc23)cc1OC. The van der Waals surface area contributed by atoms with Crippen LogP contribution in [0.3, 0.4) is 0 Å². The third-order valence-corrected chi connectivity index (χ3v) is 5.63. The molecule has 4 aromatic rings. The van der Waals surface area contributed by atoms with Crippen LogP contribution in [0.4, 0.5) is 0 Å². The summed E-state index contributed by atoms with van der Waals surface area (Å²) < 4.78 is 10.5. The number of carbonyl (C=O) groups is 2. The van der Waals surface area contributed by atoms with Crippen LogP contribution >= 0.6 is 0 Å². The van der Waals surface area contributed by atoms with Gasteiger partial charge in [0.05, 0.1) is 14.2 Å². The molecule has 36 heavy (non-hydrogen) atoms. The predicted octanol–water partition coefficient (Wildman–Crippen LogP) is 3.57. The van der Waals surface area contributed by atoms with Crippen LogP contribution in [-0.4, -0.2) is 36.0 Å². The maximum Gasteiger partial charge on any atom is 0.262 e. The molecule has 4 N–H and O–H groups in total. The number of fused-ring (bicyclic) bond motifs is 1. The van der Waals surface area contributed by atoms with Gasteiger partial charge in [0.25, 0.3) is 5.91 Å². The molecule has 9 nitrogen and oxygen atoms in total. The number of hydrogen-bond donors (Lipinski definition) is 3. The number of hydrogen-bond acceptors (Lipinski definition) is 6. The van der Waals surface area contributed by atoms with Crippen LogP contribution in [0.5, 0.6) is 11.5 Å². The van der Waals surface area contributed by atoms with Gasteiger partial charge >= 0.3 is 0 Å². The van der Waals surface area contributed by atoms with Crippen molar-refractivity contribution in [3.63, 3.8) is 0 Å². The molecule has 2 heterocycles. The lowest BCUT2D eigenvalue weighted by molar-refractivity contribution is -0.117. The highest BCUT2D eigenvalue weighted by molar-refractivity contribution is 6.04. The van der Waals surface area contributed by atoms with Crippen LogP contribution in [0.15, 0.2) is 66.5 Å². The minimum absolute atomic E-state index is 0.0485. The number of aromatic amines is 1. The quantitative estimate of drug-likeness (QED) is 0.259. The maximum absolute atomic E-state index is 12.7. The average molecular weight is 482 g/mol. The van der Waals surface area contributed by atoms with Crippen LogP contribution in [0, 0.1) is 11.3 Å². The van der Waals surface area contributed by atoms with E-state index in [1.54, 1.807) is 62.0 Å². The average Bonchev–Trinajstić information content (AvgIpc) is 3.31. The van der Waals surface area contributed by atoms with E-state index in [-0.39, 0.29) is 12.1 Å². The lowest BCUT2D eigenvalue weighted by atomic mass is 10.0. The van der Waals surface area contributed by atoms with Gasteiger partial charge in [-0.05, 0) is 47.5 Å². The number of methoxy groups -OCH3 is 2. The minimum atomic E-state index is -0.507. The van der Waals surface area contributed by atoms with E-state index in [1.165, 1.54) is 13.2 Å². The Kier molecular flexibility index (Phi) is 6.97. The third kappa shape index (κ3) is 5.03. The smallest absolute Gasteiger partial charge is 0.262 e. The number of aromatic nitrogens is 2. The molecule has 0 radical (unpaired) electrons. The van der Waals surface area contributed by atoms with Gasteiger partial charge in [-0.2, -0.15) is 5.26 Å². The number of ether oxygens (including phenoxy) is 2. The van der Waals surface area contributed by atoms with Crippen molar-refractivity contribution >= 4 is 28.9 Å². The second-order valence-corrected chi connectivity index (χ2v) is 7.85. The van der Waals surface area contributed by atoms with E-state index in [0.717, 1.165) is 22.1 Å². The molecule has 180 valence electrons. The second-order valence-electron chi connectivity index (χ2n) is 7.85. The Hall–Kier alpha value is -5.10. The standard InChI is InChI=1S/C27H23N5O4/c1-35-23-8-3-16(9-24(23)36-2)13-32-27(34)19(12-28)10-21-15-31-26-22(21)11-20(14-30-26)17-4-6-18(7-5-17)25(29)33/h3-11,14-15H,13H2,1-2H3,(H2,29,33)(H,30,31)(H,32,34)/b19-10+. The van der Waals surface area contributed by atoms with Crippen molar-refractivity contribution in [2.45, 2.75) is 6.54 Å². The van der Waals surface area contributed by atoms with E-state index in [2.05, 4.69) is 15.3 Å². The molecule has 2 aromatic carbocycles. The predicted molar refractivity (Wildman–Crippen MR) is 135 cm³/mol. The highest BCUT2D eigenvalue weighted by atomic mass is 16.5. The highest BCUT2D eigenvalue weighted by Gasteiger charge is 2.13. The number of nitriles is 1. The summed E-state index contributed by atoms with van der Waals surface area (Å²) in [7, 11) is 3.08. The zero-order valence-corrected chi connectivity index (χ0v) is 19.7. The zero-order valence-electron chi connectivity index (χ0n) is 19.7. The number of nitrogens with one attached hydrogen (secondary N) is 2. The Balaban J connectivity index is 1.56. The summed E-state index contributed by atoms with van der Waals surface area (Å²) in [6.45, 7) is 0.207. The van der Waals surface area contributed by atoms with Gasteiger partial charge in [-0.3, -0.25) is 9.59 Å². The van der Waals surface area contributed by atoms with Crippen molar-refractivity contribution in [2.75, 3.05) is 14.2 Å². The summed E-state index contributed by atoms with van der Waals surface area (Å²) in [5, 5.41) is 13.1. The van der Waals surface area contributed by atoms with Gasteiger partial charge in [0.2, 0.25) is 5.91 Å². The molecule has 0 fully saturated rings. The monoisotopic (exact) mass is 481 g/mol. The van der Waals surface area contributed by atoms with Crippen LogP contribution in [0.25, 0.3) is 28.2 Å². The molecule has 9 heteroatoms. The van der Waals surface area contributed by atoms with Crippen molar-refractivity contribution in [1.82, 2.24) is 15.3 Å². The molecule has 0 spiro atoms. The summed E-state index contributed by atoms with van der Waals surface area (Å²) in [5.41, 5.74) is 9.38. The van der Waals surface area contributed by atoms with E-state index in [1.807, 2.05) is 12.1 Å². The molecule has 0 atom stereocenters. The van der Waals surface area contributed by atoms with Crippen molar-refractivity contribution in [1.29, 1.82) is 5.26 Å². The van der Waals surface area contributed by atoms with Crippen LogP contribution in [0.1, 0.15) is 21.5 Å². The van der Waals surface area contributed by atoms with Gasteiger partial charge in [0.15, 0.2) is 11.5 Å². The van der Waals surface area contributed by atoms with E-state index in [0.29, 0.717) is 28.3 Å². The maximum atomic E-state index is 12.7. The molecular weight excluding hydrogens is 458 g/mol. The molecule has 4 rings (SSSR count). The molecule has 0 aliphatic rings. The van der Waals surface area contributed by atoms with Crippen LogP contribution in [-0.2, 0) is 11.3 Å². The summed E-state index contributed by atoms with van der Waals surface area (Å²) >= 11 is 0. The van der Waals surface area contributed by atoms with Crippen molar-refractivity contribution < 1.29 is 19.1 Å². The van der Waals surface area contributed by atoms with Gasteiger partial charge in [-0.1, -0.05) is 18.2 Å². The molecular formula is C27H23N5O4. The molecule has 0 saturated heterocycles. The summed E-state index contributed by atoms with van der Waals surface area (Å²) in [4.78, 5) is 31.6. The first-order valence-electron chi connectivity index (χ1n) is 10.9. The van der Waals surface area contributed by atoms with Gasteiger partial charge in [-0.25, -0.2) is 4.98 Å². The van der Waals surface area contributed by atoms with Crippen LogP contribution in [0.2, 0.25) is 0 Å². The van der Waals surface area contributed by atoms with Crippen LogP contribution < -0.4 is 20.5 Å². The second kappa shape index (κ2) is 10.4. The number of nitrogens with zero attached hydrogens (tertiary/aromatic N) is 2. The Morgan fingerprint density at radius 1 is 1.08 bits per heavy atom. The van der Waals surface area contributed by atoms with E-state index < -0.39 is 11.8 Å². The molecule has 0 aliphatic heterocycles. The first kappa shape index (κ1) is 24.0. The molecule has 0 aliphatic carbocycles. The number of primary amides is 1. The Morgan fingerprint density at radius 3 is 2.50 bits per heavy atom. The molecule has 0 bridgehead atoms. The van der Waals surface area contributed by atoms with Crippen molar-refractivity contribution in [3.8, 4) is 28.7 Å². The number of benzene rings is 2. The summed E-state index contributed by atoms with van der Waals surface area (Å²) in [6, 6.07) is 16.1. The third-order valence-electron chi connectivity index (χ3n) is 5.63. The fourth-order valence-corrected chi connectivity index (χ4v) is 3.70. The number of amides is 2. The minimum Gasteiger partial charge on any atom is -0.493 e. The Bertz CT molecular complexity index is 1510. The van der Waals surface area contributed by atoms with Gasteiger partial charge in [0, 0.05) is 41.0 Å². The van der Waals surface area contributed by atoms with Gasteiger partial charge in [-0.15, -0.1) is 0 Å². The number of rotatable bonds is 8. The lowest BCUT2D eigenvalue weighted by Crippen LogP contribution is -2.24. The van der Waals surface area contributed by atoms with E-state index in [4.69, 9.17) is 15.2 Å². The normalized spacial score (nSPS) is 11.1. The van der Waals surface area contributed by atoms with Gasteiger partial charge < -0.3 is 25.5 Å². The molecule has 2 amide bonds. The summed E-state index contributed by atoms with van der Waals surface area (Å²) in [6.07, 6.45) is 4.91. The number of pyridine rings is 1. The van der Waals surface area contributed by atoms with Gasteiger partial charge in [0.1, 0.15) is 17.3 Å². The van der Waals surface area contributed by atoms with Crippen molar-refractivity contribution in [3.05, 3.63) is 83.2 Å². The van der Waals surface area contributed by atoms with Crippen molar-refractivity contribution in [2.24, 2.45) is 5.73 Å². The van der Waals surface area contributed by atoms with E-state index >= 15 is 0 Å². The topological polar surface area (TPSA) is 143 Å². The largest absolute Gasteiger partial charge is 0.493 e. The lowest BCUT2D eigenvalue weighted by Gasteiger charge is -2.10. The first-order chi connectivity index (χ1) is 17.4. The van der Waals surface area contributed by atoms with E-state index in [9.17, 15) is 14.9 Å². The zero-order chi connectivity index (χ0) is 25.7. The molecule has 0 unspecified atom stereocenters. The fraction of sp³-hybridized carbons (Fsp3) is 0.111. The highest BCUT2D eigenvalue weighted by Crippen LogP contribution is 2.28. The Morgan fingerprint density at radius 2 is 1.83 bits per heavy atom. The number of carbonyl (C=O) groups excluding carboxylic acids is 2. The first-order valence-corrected chi connectivity index (χ1v) is 10.9. The number of nitrogens with two attached hydrogens (primary N) is 1. The molecule has 0 saturated carbocycles. The molecule has 2 aromatic heterocycles. The number of H-pyrrole nitrogens is 1. The fourth-order valence-electron chi connectivity index (χ4n) is 3.70. The Labute approximate surface area is 207 Å².